The maximum Gasteiger partial charge on any atom is 0.0154 e. The van der Waals surface area contributed by atoms with Crippen LogP contribution in [-0.4, -0.2) is 23.6 Å². The predicted molar refractivity (Wildman–Crippen MR) is 55.7 cm³/mol. The summed E-state index contributed by atoms with van der Waals surface area (Å²) in [7, 11) is 0. The molecule has 1 saturated heterocycles. The molecule has 0 aromatic carbocycles. The van der Waals surface area contributed by atoms with Crippen LogP contribution in [0.15, 0.2) is 0 Å². The monoisotopic (exact) mass is 185 g/mol. The Balaban J connectivity index is 1.65. The number of rotatable bonds is 3. The average molecular weight is 185 g/mol. The molecule has 1 nitrogen and oxygen atoms in total. The molecule has 1 N–H and O–H groups in total. The van der Waals surface area contributed by atoms with E-state index in [4.69, 9.17) is 0 Å². The third-order valence-electron chi connectivity index (χ3n) is 3.07. The molecule has 12 heavy (non-hydrogen) atoms. The molecule has 1 aliphatic carbocycles. The summed E-state index contributed by atoms with van der Waals surface area (Å²) < 4.78 is 0. The van der Waals surface area contributed by atoms with Gasteiger partial charge in [-0.25, -0.2) is 0 Å². The molecule has 0 amide bonds. The molecular formula is C10H19NS. The summed E-state index contributed by atoms with van der Waals surface area (Å²) in [5.74, 6) is 3.75. The first-order valence-electron chi connectivity index (χ1n) is 5.11. The van der Waals surface area contributed by atoms with Crippen molar-refractivity contribution in [3.05, 3.63) is 0 Å². The van der Waals surface area contributed by atoms with E-state index < -0.39 is 0 Å². The number of hydrogen-bond acceptors (Lipinski definition) is 2. The summed E-state index contributed by atoms with van der Waals surface area (Å²) in [6.45, 7) is 3.62. The standard InChI is InChI=1S/C10H19NS/c1-10(4-5-10)11-7-9-3-2-6-12-8-9/h9,11H,2-8H2,1H3. The Kier molecular flexibility index (Phi) is 2.66. The summed E-state index contributed by atoms with van der Waals surface area (Å²) in [4.78, 5) is 0. The van der Waals surface area contributed by atoms with Gasteiger partial charge in [-0.1, -0.05) is 0 Å². The van der Waals surface area contributed by atoms with Crippen LogP contribution in [0.5, 0.6) is 0 Å². The van der Waals surface area contributed by atoms with Gasteiger partial charge in [0.2, 0.25) is 0 Å². The van der Waals surface area contributed by atoms with Gasteiger partial charge in [-0.05, 0) is 56.6 Å². The van der Waals surface area contributed by atoms with Crippen LogP contribution in [0.3, 0.4) is 0 Å². The molecule has 1 aliphatic heterocycles. The van der Waals surface area contributed by atoms with Crippen LogP contribution >= 0.6 is 11.8 Å². The summed E-state index contributed by atoms with van der Waals surface area (Å²) >= 11 is 2.13. The van der Waals surface area contributed by atoms with Gasteiger partial charge in [-0.3, -0.25) is 0 Å². The van der Waals surface area contributed by atoms with E-state index in [0.29, 0.717) is 5.54 Å². The molecule has 1 saturated carbocycles. The second kappa shape index (κ2) is 3.59. The molecule has 0 spiro atoms. The van der Waals surface area contributed by atoms with Gasteiger partial charge in [0.15, 0.2) is 0 Å². The van der Waals surface area contributed by atoms with Crippen molar-refractivity contribution in [2.24, 2.45) is 5.92 Å². The minimum Gasteiger partial charge on any atom is -0.311 e. The number of nitrogens with one attached hydrogen (secondary N) is 1. The molecule has 2 fully saturated rings. The highest BCUT2D eigenvalue weighted by Gasteiger charge is 2.36. The first kappa shape index (κ1) is 8.89. The van der Waals surface area contributed by atoms with Gasteiger partial charge in [-0.15, -0.1) is 0 Å². The van der Waals surface area contributed by atoms with Crippen molar-refractivity contribution < 1.29 is 0 Å². The second-order valence-corrected chi connectivity index (χ2v) is 5.67. The van der Waals surface area contributed by atoms with Crippen molar-refractivity contribution in [2.75, 3.05) is 18.1 Å². The Morgan fingerprint density at radius 1 is 1.50 bits per heavy atom. The van der Waals surface area contributed by atoms with E-state index in [0.717, 1.165) is 5.92 Å². The average Bonchev–Trinajstić information content (AvgIpc) is 2.84. The maximum absolute atomic E-state index is 3.69. The van der Waals surface area contributed by atoms with Crippen LogP contribution in [0.25, 0.3) is 0 Å². The predicted octanol–water partition coefficient (Wildman–Crippen LogP) is 2.27. The molecule has 1 unspecified atom stereocenters. The van der Waals surface area contributed by atoms with Crippen LogP contribution in [0.2, 0.25) is 0 Å². The molecular weight excluding hydrogens is 166 g/mol. The van der Waals surface area contributed by atoms with Crippen LogP contribution in [0.1, 0.15) is 32.6 Å². The minimum atomic E-state index is 0.544. The first-order valence-corrected chi connectivity index (χ1v) is 6.27. The summed E-state index contributed by atoms with van der Waals surface area (Å²) in [5, 5.41) is 3.69. The van der Waals surface area contributed by atoms with Gasteiger partial charge >= 0.3 is 0 Å². The fraction of sp³-hybridized carbons (Fsp3) is 1.00. The lowest BCUT2D eigenvalue weighted by atomic mass is 10.1. The maximum atomic E-state index is 3.69. The minimum absolute atomic E-state index is 0.544. The van der Waals surface area contributed by atoms with Crippen molar-refractivity contribution in [1.82, 2.24) is 5.32 Å². The summed E-state index contributed by atoms with van der Waals surface area (Å²) in [6, 6.07) is 0. The highest BCUT2D eigenvalue weighted by Crippen LogP contribution is 2.34. The highest BCUT2D eigenvalue weighted by atomic mass is 32.2. The van der Waals surface area contributed by atoms with E-state index in [1.807, 2.05) is 0 Å². The molecule has 1 heterocycles. The van der Waals surface area contributed by atoms with Gasteiger partial charge < -0.3 is 5.32 Å². The lowest BCUT2D eigenvalue weighted by molar-refractivity contribution is 0.429. The topological polar surface area (TPSA) is 12.0 Å². The van der Waals surface area contributed by atoms with E-state index in [1.165, 1.54) is 43.7 Å². The highest BCUT2D eigenvalue weighted by molar-refractivity contribution is 7.99. The molecule has 2 rings (SSSR count). The molecule has 0 aromatic rings. The zero-order valence-electron chi connectivity index (χ0n) is 7.94. The van der Waals surface area contributed by atoms with Gasteiger partial charge in [0.1, 0.15) is 0 Å². The quantitative estimate of drug-likeness (QED) is 0.724. The Hall–Kier alpha value is 0.310. The van der Waals surface area contributed by atoms with Gasteiger partial charge in [0, 0.05) is 5.54 Å². The zero-order valence-corrected chi connectivity index (χ0v) is 8.75. The van der Waals surface area contributed by atoms with Crippen molar-refractivity contribution >= 4 is 11.8 Å². The largest absolute Gasteiger partial charge is 0.311 e. The van der Waals surface area contributed by atoms with Crippen LogP contribution in [-0.2, 0) is 0 Å². The van der Waals surface area contributed by atoms with E-state index in [-0.39, 0.29) is 0 Å². The lowest BCUT2D eigenvalue weighted by Crippen LogP contribution is -2.34. The van der Waals surface area contributed by atoms with E-state index in [9.17, 15) is 0 Å². The van der Waals surface area contributed by atoms with E-state index in [2.05, 4.69) is 24.0 Å². The van der Waals surface area contributed by atoms with Crippen molar-refractivity contribution in [2.45, 2.75) is 38.1 Å². The molecule has 0 bridgehead atoms. The van der Waals surface area contributed by atoms with Crippen LogP contribution in [0, 0.1) is 5.92 Å². The SMILES string of the molecule is CC1(NCC2CCCSC2)CC1. The van der Waals surface area contributed by atoms with Crippen molar-refractivity contribution in [3.63, 3.8) is 0 Å². The Morgan fingerprint density at radius 2 is 2.33 bits per heavy atom. The Labute approximate surface area is 79.7 Å². The third kappa shape index (κ3) is 2.40. The fourth-order valence-corrected chi connectivity index (χ4v) is 2.88. The van der Waals surface area contributed by atoms with Gasteiger partial charge in [0.25, 0.3) is 0 Å². The first-order chi connectivity index (χ1) is 5.79. The van der Waals surface area contributed by atoms with E-state index in [1.54, 1.807) is 0 Å². The normalized spacial score (nSPS) is 33.2. The molecule has 2 heteroatoms. The molecule has 0 aromatic heterocycles. The number of thioether (sulfide) groups is 1. The Morgan fingerprint density at radius 3 is 2.92 bits per heavy atom. The van der Waals surface area contributed by atoms with E-state index >= 15 is 0 Å². The van der Waals surface area contributed by atoms with Crippen molar-refractivity contribution in [1.29, 1.82) is 0 Å². The van der Waals surface area contributed by atoms with Crippen LogP contribution < -0.4 is 5.32 Å². The zero-order chi connectivity index (χ0) is 8.44. The number of hydrogen-bond donors (Lipinski definition) is 1. The molecule has 2 aliphatic rings. The molecule has 1 atom stereocenters. The Bertz CT molecular complexity index is 148. The van der Waals surface area contributed by atoms with Crippen molar-refractivity contribution in [3.8, 4) is 0 Å². The molecule has 70 valence electrons. The second-order valence-electron chi connectivity index (χ2n) is 4.52. The van der Waals surface area contributed by atoms with Crippen LogP contribution in [0.4, 0.5) is 0 Å². The molecule has 0 radical (unpaired) electrons. The lowest BCUT2D eigenvalue weighted by Gasteiger charge is -2.23. The summed E-state index contributed by atoms with van der Waals surface area (Å²) in [5.41, 5.74) is 0.544. The fourth-order valence-electron chi connectivity index (χ4n) is 1.72. The van der Waals surface area contributed by atoms with Gasteiger partial charge in [0.05, 0.1) is 0 Å². The van der Waals surface area contributed by atoms with Gasteiger partial charge in [-0.2, -0.15) is 11.8 Å². The smallest absolute Gasteiger partial charge is 0.0154 e. The summed E-state index contributed by atoms with van der Waals surface area (Å²) in [6.07, 6.45) is 5.68. The third-order valence-corrected chi connectivity index (χ3v) is 4.36.